The molecule has 0 atom stereocenters. The minimum Gasteiger partial charge on any atom is -0.356 e. The molecular formula is C18H26N4O3S. The minimum atomic E-state index is -3.14. The monoisotopic (exact) mass is 378 g/mol. The molecule has 1 N–H and O–H groups in total. The Morgan fingerprint density at radius 1 is 1.27 bits per heavy atom. The van der Waals surface area contributed by atoms with Gasteiger partial charge in [0.25, 0.3) is 0 Å². The SMILES string of the molecule is CCS(=O)(=O)N1CCC(C(=O)NCCCn2cnc3ccccc32)CC1. The van der Waals surface area contributed by atoms with Gasteiger partial charge in [0.2, 0.25) is 15.9 Å². The summed E-state index contributed by atoms with van der Waals surface area (Å²) < 4.78 is 27.3. The number of nitrogens with zero attached hydrogens (tertiary/aromatic N) is 3. The normalized spacial score (nSPS) is 16.8. The standard InChI is InChI=1S/C18H26N4O3S/c1-2-26(24,25)22-12-8-15(9-13-22)18(23)19-10-5-11-21-14-20-16-6-3-4-7-17(16)21/h3-4,6-7,14-15H,2,5,8-13H2,1H3,(H,19,23). The molecule has 1 aliphatic heterocycles. The number of fused-ring (bicyclic) bond motifs is 1. The second-order valence-corrected chi connectivity index (χ2v) is 8.90. The number of rotatable bonds is 7. The summed E-state index contributed by atoms with van der Waals surface area (Å²) in [5.74, 6) is 0.0636. The summed E-state index contributed by atoms with van der Waals surface area (Å²) in [6, 6.07) is 7.99. The molecule has 0 bridgehead atoms. The van der Waals surface area contributed by atoms with Gasteiger partial charge in [-0.2, -0.15) is 0 Å². The van der Waals surface area contributed by atoms with Crippen molar-refractivity contribution < 1.29 is 13.2 Å². The Morgan fingerprint density at radius 3 is 2.73 bits per heavy atom. The predicted octanol–water partition coefficient (Wildman–Crippen LogP) is 1.60. The Bertz CT molecular complexity index is 854. The van der Waals surface area contributed by atoms with E-state index in [2.05, 4.69) is 14.9 Å². The highest BCUT2D eigenvalue weighted by Crippen LogP contribution is 2.20. The van der Waals surface area contributed by atoms with E-state index in [4.69, 9.17) is 0 Å². The molecule has 7 nitrogen and oxygen atoms in total. The first-order valence-electron chi connectivity index (χ1n) is 9.16. The van der Waals surface area contributed by atoms with Gasteiger partial charge in [0.1, 0.15) is 0 Å². The molecule has 26 heavy (non-hydrogen) atoms. The topological polar surface area (TPSA) is 84.3 Å². The smallest absolute Gasteiger partial charge is 0.223 e. The third-order valence-electron chi connectivity index (χ3n) is 4.99. The maximum atomic E-state index is 12.3. The lowest BCUT2D eigenvalue weighted by Crippen LogP contribution is -2.43. The lowest BCUT2D eigenvalue weighted by Gasteiger charge is -2.30. The lowest BCUT2D eigenvalue weighted by atomic mass is 9.97. The molecule has 2 heterocycles. The van der Waals surface area contributed by atoms with Crippen LogP contribution in [0.1, 0.15) is 26.2 Å². The number of hydrogen-bond acceptors (Lipinski definition) is 4. The maximum absolute atomic E-state index is 12.3. The van der Waals surface area contributed by atoms with Crippen LogP contribution in [0.4, 0.5) is 0 Å². The largest absolute Gasteiger partial charge is 0.356 e. The molecule has 2 aromatic rings. The number of nitrogens with one attached hydrogen (secondary N) is 1. The highest BCUT2D eigenvalue weighted by Gasteiger charge is 2.29. The maximum Gasteiger partial charge on any atom is 0.223 e. The minimum absolute atomic E-state index is 0.0361. The summed E-state index contributed by atoms with van der Waals surface area (Å²) in [5, 5.41) is 2.99. The molecular weight excluding hydrogens is 352 g/mol. The van der Waals surface area contributed by atoms with Crippen molar-refractivity contribution in [3.63, 3.8) is 0 Å². The van der Waals surface area contributed by atoms with Crippen molar-refractivity contribution >= 4 is 27.0 Å². The highest BCUT2D eigenvalue weighted by atomic mass is 32.2. The number of aryl methyl sites for hydroxylation is 1. The van der Waals surface area contributed by atoms with Crippen LogP contribution in [-0.4, -0.2) is 53.6 Å². The van der Waals surface area contributed by atoms with E-state index in [-0.39, 0.29) is 17.6 Å². The van der Waals surface area contributed by atoms with E-state index < -0.39 is 10.0 Å². The first kappa shape index (κ1) is 18.8. The zero-order valence-corrected chi connectivity index (χ0v) is 15.9. The number of carbonyl (C=O) groups excluding carboxylic acids is 1. The third-order valence-corrected chi connectivity index (χ3v) is 6.87. The van der Waals surface area contributed by atoms with Gasteiger partial charge in [-0.25, -0.2) is 17.7 Å². The van der Waals surface area contributed by atoms with E-state index in [0.29, 0.717) is 32.5 Å². The number of benzene rings is 1. The molecule has 1 saturated heterocycles. The quantitative estimate of drug-likeness (QED) is 0.742. The number of para-hydroxylation sites is 2. The zero-order chi connectivity index (χ0) is 18.6. The Kier molecular flexibility index (Phi) is 5.93. The average Bonchev–Trinajstić information content (AvgIpc) is 3.08. The number of carbonyl (C=O) groups is 1. The van der Waals surface area contributed by atoms with Gasteiger partial charge in [0.05, 0.1) is 23.1 Å². The number of hydrogen-bond donors (Lipinski definition) is 1. The van der Waals surface area contributed by atoms with Crippen LogP contribution < -0.4 is 5.32 Å². The van der Waals surface area contributed by atoms with Crippen molar-refractivity contribution in [2.24, 2.45) is 5.92 Å². The predicted molar refractivity (Wildman–Crippen MR) is 101 cm³/mol. The molecule has 3 rings (SSSR count). The van der Waals surface area contributed by atoms with Crippen LogP contribution in [0.2, 0.25) is 0 Å². The van der Waals surface area contributed by atoms with E-state index >= 15 is 0 Å². The van der Waals surface area contributed by atoms with Gasteiger partial charge in [0.15, 0.2) is 0 Å². The second kappa shape index (κ2) is 8.18. The van der Waals surface area contributed by atoms with Crippen LogP contribution in [0.3, 0.4) is 0 Å². The first-order chi connectivity index (χ1) is 12.5. The molecule has 1 fully saturated rings. The highest BCUT2D eigenvalue weighted by molar-refractivity contribution is 7.89. The Hall–Kier alpha value is -1.93. The molecule has 0 saturated carbocycles. The van der Waals surface area contributed by atoms with Gasteiger partial charge in [-0.15, -0.1) is 0 Å². The van der Waals surface area contributed by atoms with Crippen LogP contribution in [0.15, 0.2) is 30.6 Å². The molecule has 0 unspecified atom stereocenters. The fourth-order valence-corrected chi connectivity index (χ4v) is 4.50. The number of piperidine rings is 1. The number of amides is 1. The van der Waals surface area contributed by atoms with Crippen LogP contribution in [0.5, 0.6) is 0 Å². The van der Waals surface area contributed by atoms with Crippen LogP contribution in [0, 0.1) is 5.92 Å². The van der Waals surface area contributed by atoms with Crippen molar-refractivity contribution in [1.82, 2.24) is 19.2 Å². The molecule has 1 amide bonds. The fourth-order valence-electron chi connectivity index (χ4n) is 3.37. The van der Waals surface area contributed by atoms with E-state index in [9.17, 15) is 13.2 Å². The van der Waals surface area contributed by atoms with Crippen LogP contribution in [0.25, 0.3) is 11.0 Å². The zero-order valence-electron chi connectivity index (χ0n) is 15.1. The second-order valence-electron chi connectivity index (χ2n) is 6.65. The summed E-state index contributed by atoms with van der Waals surface area (Å²) >= 11 is 0. The Balaban J connectivity index is 1.41. The molecule has 0 spiro atoms. The van der Waals surface area contributed by atoms with E-state index in [1.165, 1.54) is 4.31 Å². The van der Waals surface area contributed by atoms with Gasteiger partial charge in [-0.1, -0.05) is 12.1 Å². The Labute approximate surface area is 154 Å². The average molecular weight is 378 g/mol. The molecule has 1 aromatic carbocycles. The van der Waals surface area contributed by atoms with Crippen molar-refractivity contribution in [3.05, 3.63) is 30.6 Å². The van der Waals surface area contributed by atoms with E-state index in [1.54, 1.807) is 6.92 Å². The fraction of sp³-hybridized carbons (Fsp3) is 0.556. The lowest BCUT2D eigenvalue weighted by molar-refractivity contribution is -0.126. The van der Waals surface area contributed by atoms with Gasteiger partial charge < -0.3 is 9.88 Å². The van der Waals surface area contributed by atoms with E-state index in [0.717, 1.165) is 24.0 Å². The van der Waals surface area contributed by atoms with Crippen molar-refractivity contribution in [1.29, 1.82) is 0 Å². The van der Waals surface area contributed by atoms with Crippen molar-refractivity contribution in [2.45, 2.75) is 32.7 Å². The number of sulfonamides is 1. The number of aromatic nitrogens is 2. The summed E-state index contributed by atoms with van der Waals surface area (Å²) in [6.07, 6.45) is 3.85. The van der Waals surface area contributed by atoms with Crippen LogP contribution in [-0.2, 0) is 21.4 Å². The van der Waals surface area contributed by atoms with Gasteiger partial charge in [0, 0.05) is 32.1 Å². The third kappa shape index (κ3) is 4.24. The molecule has 0 aliphatic carbocycles. The van der Waals surface area contributed by atoms with Crippen molar-refractivity contribution in [2.75, 3.05) is 25.4 Å². The molecule has 0 radical (unpaired) electrons. The van der Waals surface area contributed by atoms with Gasteiger partial charge in [-0.3, -0.25) is 4.79 Å². The molecule has 142 valence electrons. The summed E-state index contributed by atoms with van der Waals surface area (Å²) in [7, 11) is -3.14. The first-order valence-corrected chi connectivity index (χ1v) is 10.8. The van der Waals surface area contributed by atoms with Gasteiger partial charge >= 0.3 is 0 Å². The molecule has 8 heteroatoms. The summed E-state index contributed by atoms with van der Waals surface area (Å²) in [5.41, 5.74) is 2.08. The molecule has 1 aliphatic rings. The number of imidazole rings is 1. The summed E-state index contributed by atoms with van der Waals surface area (Å²) in [6.45, 7) is 3.94. The van der Waals surface area contributed by atoms with Gasteiger partial charge in [-0.05, 0) is 38.3 Å². The Morgan fingerprint density at radius 2 is 2.00 bits per heavy atom. The van der Waals surface area contributed by atoms with Crippen LogP contribution >= 0.6 is 0 Å². The summed E-state index contributed by atoms with van der Waals surface area (Å²) in [4.78, 5) is 16.7. The van der Waals surface area contributed by atoms with E-state index in [1.807, 2.05) is 30.6 Å². The van der Waals surface area contributed by atoms with Crippen molar-refractivity contribution in [3.8, 4) is 0 Å². The molecule has 1 aromatic heterocycles.